The number of nitrogens with zero attached hydrogens (tertiary/aromatic N) is 2. The van der Waals surface area contributed by atoms with Gasteiger partial charge >= 0.3 is 6.03 Å². The van der Waals surface area contributed by atoms with Gasteiger partial charge in [0.05, 0.1) is 0 Å². The molecule has 1 aromatic rings. The number of aryl methyl sites for hydroxylation is 1. The van der Waals surface area contributed by atoms with E-state index >= 15 is 0 Å². The van der Waals surface area contributed by atoms with Crippen LogP contribution in [0.1, 0.15) is 31.2 Å². The predicted molar refractivity (Wildman–Crippen MR) is 101 cm³/mol. The fourth-order valence-corrected chi connectivity index (χ4v) is 3.58. The molecule has 3 rings (SSSR count). The summed E-state index contributed by atoms with van der Waals surface area (Å²) in [5, 5.41) is 0.721. The second kappa shape index (κ2) is 7.84. The van der Waals surface area contributed by atoms with E-state index in [2.05, 4.69) is 21.4 Å². The summed E-state index contributed by atoms with van der Waals surface area (Å²) in [6, 6.07) is 1.65. The number of benzene rings is 1. The quantitative estimate of drug-likeness (QED) is 0.703. The molecular formula is C18H22BrFN4O3. The zero-order chi connectivity index (χ0) is 19.7. The molecular weight excluding hydrogens is 419 g/mol. The molecule has 146 valence electrons. The molecule has 1 saturated carbocycles. The highest BCUT2D eigenvalue weighted by atomic mass is 79.9. The molecule has 1 atom stereocenters. The van der Waals surface area contributed by atoms with Crippen LogP contribution in [0.15, 0.2) is 16.6 Å². The van der Waals surface area contributed by atoms with Gasteiger partial charge in [0.25, 0.3) is 0 Å². The molecule has 7 nitrogen and oxygen atoms in total. The summed E-state index contributed by atoms with van der Waals surface area (Å²) in [6.07, 6.45) is 2.77. The maximum atomic E-state index is 14.2. The lowest BCUT2D eigenvalue weighted by Crippen LogP contribution is -2.50. The molecule has 27 heavy (non-hydrogen) atoms. The Labute approximate surface area is 165 Å². The van der Waals surface area contributed by atoms with Gasteiger partial charge in [-0.05, 0) is 49.8 Å². The molecule has 0 bridgehead atoms. The molecule has 1 aliphatic heterocycles. The Bertz CT molecular complexity index is 784. The molecule has 1 aromatic carbocycles. The predicted octanol–water partition coefficient (Wildman–Crippen LogP) is 2.46. The van der Waals surface area contributed by atoms with Crippen molar-refractivity contribution < 1.29 is 18.8 Å². The monoisotopic (exact) mass is 440 g/mol. The first kappa shape index (κ1) is 19.6. The van der Waals surface area contributed by atoms with Crippen LogP contribution in [-0.2, 0) is 9.59 Å². The fourth-order valence-electron chi connectivity index (χ4n) is 3.27. The van der Waals surface area contributed by atoms with Crippen molar-refractivity contribution >= 4 is 39.5 Å². The number of carbonyl (C=O) groups is 3. The first-order valence-corrected chi connectivity index (χ1v) is 9.69. The zero-order valence-corrected chi connectivity index (χ0v) is 16.6. The number of nitrogens with two attached hydrogens (primary N) is 1. The van der Waals surface area contributed by atoms with Crippen molar-refractivity contribution in [2.24, 2.45) is 17.6 Å². The maximum absolute atomic E-state index is 14.2. The van der Waals surface area contributed by atoms with Crippen LogP contribution in [0, 0.1) is 24.6 Å². The number of urea groups is 1. The molecule has 1 saturated heterocycles. The van der Waals surface area contributed by atoms with E-state index in [1.807, 2.05) is 0 Å². The fraction of sp³-hybridized carbons (Fsp3) is 0.500. The Kier molecular flexibility index (Phi) is 5.69. The first-order valence-electron chi connectivity index (χ1n) is 8.89. The van der Waals surface area contributed by atoms with Crippen LogP contribution < -0.4 is 16.2 Å². The number of likely N-dealkylation sites (tertiary alicyclic amines) is 1. The van der Waals surface area contributed by atoms with E-state index in [1.165, 1.54) is 12.1 Å². The average molecular weight is 441 g/mol. The van der Waals surface area contributed by atoms with Crippen LogP contribution in [0.25, 0.3) is 0 Å². The number of rotatable bonds is 4. The number of primary amides is 1. The summed E-state index contributed by atoms with van der Waals surface area (Å²) in [5.74, 6) is -0.789. The van der Waals surface area contributed by atoms with Crippen molar-refractivity contribution in [1.82, 2.24) is 10.3 Å². The van der Waals surface area contributed by atoms with E-state index in [1.54, 1.807) is 11.8 Å². The molecule has 3 N–H and O–H groups in total. The number of anilines is 1. The zero-order valence-electron chi connectivity index (χ0n) is 15.0. The molecule has 2 fully saturated rings. The SMILES string of the molecule is Cc1cc(N(NC(=O)C[C@@H]2CCN(C(=O)C3CC3)C2)C(N)=O)c(F)cc1Br. The van der Waals surface area contributed by atoms with Gasteiger partial charge in [-0.3, -0.25) is 15.0 Å². The minimum Gasteiger partial charge on any atom is -0.350 e. The standard InChI is InChI=1S/C18H22BrFN4O3/c1-10-6-15(14(20)8-13(10)19)24(18(21)27)22-16(25)7-11-4-5-23(9-11)17(26)12-2-3-12/h6,8,11-12H,2-5,7,9H2,1H3,(H2,21,27)(H,22,25)/t11-/m0/s1. The maximum Gasteiger partial charge on any atom is 0.338 e. The summed E-state index contributed by atoms with van der Waals surface area (Å²) >= 11 is 3.21. The van der Waals surface area contributed by atoms with Crippen molar-refractivity contribution in [3.63, 3.8) is 0 Å². The number of nitrogens with one attached hydrogen (secondary N) is 1. The number of hydrogen-bond donors (Lipinski definition) is 2. The molecule has 1 aliphatic carbocycles. The second-order valence-corrected chi connectivity index (χ2v) is 8.03. The summed E-state index contributed by atoms with van der Waals surface area (Å²) < 4.78 is 14.8. The second-order valence-electron chi connectivity index (χ2n) is 7.18. The molecule has 0 aromatic heterocycles. The van der Waals surface area contributed by atoms with Gasteiger partial charge in [-0.15, -0.1) is 0 Å². The first-order chi connectivity index (χ1) is 12.8. The minimum absolute atomic E-state index is 0.0129. The van der Waals surface area contributed by atoms with Crippen LogP contribution in [0.4, 0.5) is 14.9 Å². The van der Waals surface area contributed by atoms with Crippen molar-refractivity contribution in [1.29, 1.82) is 0 Å². The Hall–Kier alpha value is -2.16. The van der Waals surface area contributed by atoms with Crippen LogP contribution in [0.3, 0.4) is 0 Å². The van der Waals surface area contributed by atoms with Crippen LogP contribution in [-0.4, -0.2) is 35.8 Å². The van der Waals surface area contributed by atoms with Gasteiger partial charge in [0.2, 0.25) is 11.8 Å². The molecule has 2 aliphatic rings. The van der Waals surface area contributed by atoms with Gasteiger partial charge in [0, 0.05) is 29.9 Å². The van der Waals surface area contributed by atoms with Crippen molar-refractivity contribution in [2.75, 3.05) is 18.1 Å². The van der Waals surface area contributed by atoms with Crippen molar-refractivity contribution in [3.8, 4) is 0 Å². The third kappa shape index (κ3) is 4.58. The summed E-state index contributed by atoms with van der Waals surface area (Å²) in [5.41, 5.74) is 8.29. The Morgan fingerprint density at radius 2 is 2.04 bits per heavy atom. The van der Waals surface area contributed by atoms with E-state index in [0.29, 0.717) is 23.1 Å². The van der Waals surface area contributed by atoms with E-state index in [9.17, 15) is 18.8 Å². The Balaban J connectivity index is 1.62. The number of hydrogen-bond acceptors (Lipinski definition) is 3. The number of halogens is 2. The summed E-state index contributed by atoms with van der Waals surface area (Å²) in [7, 11) is 0. The van der Waals surface area contributed by atoms with Gasteiger partial charge in [-0.25, -0.2) is 14.2 Å². The van der Waals surface area contributed by atoms with Crippen molar-refractivity contribution in [3.05, 3.63) is 28.0 Å². The lowest BCUT2D eigenvalue weighted by atomic mass is 10.1. The molecule has 9 heteroatoms. The highest BCUT2D eigenvalue weighted by Crippen LogP contribution is 2.33. The van der Waals surface area contributed by atoms with Gasteiger partial charge < -0.3 is 10.6 Å². The highest BCUT2D eigenvalue weighted by molar-refractivity contribution is 9.10. The highest BCUT2D eigenvalue weighted by Gasteiger charge is 2.37. The lowest BCUT2D eigenvalue weighted by Gasteiger charge is -2.23. The Morgan fingerprint density at radius 1 is 1.33 bits per heavy atom. The van der Waals surface area contributed by atoms with Gasteiger partial charge in [-0.1, -0.05) is 15.9 Å². The molecule has 1 heterocycles. The normalized spacial score (nSPS) is 19.1. The molecule has 4 amide bonds. The summed E-state index contributed by atoms with van der Waals surface area (Å²) in [4.78, 5) is 38.0. The summed E-state index contributed by atoms with van der Waals surface area (Å²) in [6.45, 7) is 2.91. The minimum atomic E-state index is -0.985. The van der Waals surface area contributed by atoms with Gasteiger partial charge in [0.15, 0.2) is 0 Å². The largest absolute Gasteiger partial charge is 0.350 e. The molecule has 0 radical (unpaired) electrons. The van der Waals surface area contributed by atoms with Crippen LogP contribution >= 0.6 is 15.9 Å². The molecule has 0 unspecified atom stereocenters. The third-order valence-corrected chi connectivity index (χ3v) is 5.78. The molecule has 0 spiro atoms. The van der Waals surface area contributed by atoms with Crippen LogP contribution in [0.2, 0.25) is 0 Å². The van der Waals surface area contributed by atoms with Crippen molar-refractivity contribution in [2.45, 2.75) is 32.6 Å². The number of hydrazine groups is 1. The van der Waals surface area contributed by atoms with E-state index < -0.39 is 17.8 Å². The van der Waals surface area contributed by atoms with E-state index in [-0.39, 0.29) is 29.9 Å². The lowest BCUT2D eigenvalue weighted by molar-refractivity contribution is -0.132. The third-order valence-electron chi connectivity index (χ3n) is 4.92. The Morgan fingerprint density at radius 3 is 2.67 bits per heavy atom. The van der Waals surface area contributed by atoms with Gasteiger partial charge in [0.1, 0.15) is 11.5 Å². The van der Waals surface area contributed by atoms with Crippen LogP contribution in [0.5, 0.6) is 0 Å². The topological polar surface area (TPSA) is 95.7 Å². The van der Waals surface area contributed by atoms with E-state index in [4.69, 9.17) is 5.73 Å². The smallest absolute Gasteiger partial charge is 0.338 e. The number of carbonyl (C=O) groups excluding carboxylic acids is 3. The van der Waals surface area contributed by atoms with Gasteiger partial charge in [-0.2, -0.15) is 0 Å². The number of amides is 4. The van der Waals surface area contributed by atoms with E-state index in [0.717, 1.165) is 24.3 Å². The average Bonchev–Trinajstić information content (AvgIpc) is 3.35.